The molecular formula is C13H20N2O. The zero-order chi connectivity index (χ0) is 11.4. The van der Waals surface area contributed by atoms with E-state index in [2.05, 4.69) is 17.2 Å². The Bertz CT molecular complexity index is 323. The predicted molar refractivity (Wildman–Crippen MR) is 65.8 cm³/mol. The molecule has 0 amide bonds. The van der Waals surface area contributed by atoms with Gasteiger partial charge in [0.15, 0.2) is 0 Å². The number of nitrogens with zero attached hydrogens (tertiary/aromatic N) is 1. The summed E-state index contributed by atoms with van der Waals surface area (Å²) in [6, 6.07) is 3.91. The van der Waals surface area contributed by atoms with Crippen molar-refractivity contribution in [3.8, 4) is 5.75 Å². The summed E-state index contributed by atoms with van der Waals surface area (Å²) in [7, 11) is 1.66. The molecule has 16 heavy (non-hydrogen) atoms. The Labute approximate surface area is 97.2 Å². The molecule has 3 nitrogen and oxygen atoms in total. The zero-order valence-corrected chi connectivity index (χ0v) is 10.1. The summed E-state index contributed by atoms with van der Waals surface area (Å²) >= 11 is 0. The third kappa shape index (κ3) is 2.87. The van der Waals surface area contributed by atoms with Gasteiger partial charge in [0, 0.05) is 6.54 Å². The summed E-state index contributed by atoms with van der Waals surface area (Å²) < 4.78 is 5.07. The van der Waals surface area contributed by atoms with Gasteiger partial charge in [0.1, 0.15) is 11.6 Å². The second-order valence-corrected chi connectivity index (χ2v) is 4.75. The molecule has 0 aliphatic heterocycles. The molecule has 1 heterocycles. The minimum absolute atomic E-state index is 0.806. The monoisotopic (exact) mass is 220 g/mol. The molecule has 0 aromatic carbocycles. The van der Waals surface area contributed by atoms with Crippen molar-refractivity contribution in [3.05, 3.63) is 18.3 Å². The van der Waals surface area contributed by atoms with E-state index < -0.39 is 0 Å². The van der Waals surface area contributed by atoms with Gasteiger partial charge >= 0.3 is 0 Å². The van der Waals surface area contributed by atoms with E-state index >= 15 is 0 Å². The first-order chi connectivity index (χ1) is 7.78. The normalized spacial score (nSPS) is 24.4. The fourth-order valence-corrected chi connectivity index (χ4v) is 2.36. The van der Waals surface area contributed by atoms with E-state index in [9.17, 15) is 0 Å². The first-order valence-corrected chi connectivity index (χ1v) is 6.02. The third-order valence-electron chi connectivity index (χ3n) is 3.35. The van der Waals surface area contributed by atoms with Gasteiger partial charge in [-0.1, -0.05) is 13.3 Å². The van der Waals surface area contributed by atoms with Crippen molar-refractivity contribution in [2.75, 3.05) is 19.0 Å². The topological polar surface area (TPSA) is 34.1 Å². The van der Waals surface area contributed by atoms with Gasteiger partial charge in [-0.2, -0.15) is 0 Å². The molecule has 1 N–H and O–H groups in total. The van der Waals surface area contributed by atoms with E-state index in [4.69, 9.17) is 4.74 Å². The smallest absolute Gasteiger partial charge is 0.137 e. The van der Waals surface area contributed by atoms with E-state index in [-0.39, 0.29) is 0 Å². The van der Waals surface area contributed by atoms with Crippen molar-refractivity contribution in [2.24, 2.45) is 11.8 Å². The van der Waals surface area contributed by atoms with Crippen molar-refractivity contribution in [1.29, 1.82) is 0 Å². The molecule has 2 rings (SSSR count). The lowest BCUT2D eigenvalue weighted by molar-refractivity contribution is 0.413. The molecule has 0 saturated heterocycles. The molecule has 1 aliphatic rings. The molecule has 3 heteroatoms. The average Bonchev–Trinajstić information content (AvgIpc) is 2.73. The fourth-order valence-electron chi connectivity index (χ4n) is 2.36. The number of methoxy groups -OCH3 is 1. The van der Waals surface area contributed by atoms with Crippen molar-refractivity contribution in [3.63, 3.8) is 0 Å². The maximum absolute atomic E-state index is 5.07. The Balaban J connectivity index is 1.80. The van der Waals surface area contributed by atoms with Gasteiger partial charge in [-0.15, -0.1) is 0 Å². The molecule has 1 aliphatic carbocycles. The predicted octanol–water partition coefficient (Wildman–Crippen LogP) is 2.94. The first kappa shape index (κ1) is 11.2. The van der Waals surface area contributed by atoms with Crippen LogP contribution in [0.4, 0.5) is 5.82 Å². The van der Waals surface area contributed by atoms with Gasteiger partial charge in [0.05, 0.1) is 13.3 Å². The standard InChI is InChI=1S/C13H20N2O/c1-10-3-4-11(7-10)8-14-13-6-5-12(16-2)9-15-13/h5-6,9-11H,3-4,7-8H2,1-2H3,(H,14,15). The number of pyridine rings is 1. The zero-order valence-electron chi connectivity index (χ0n) is 10.1. The third-order valence-corrected chi connectivity index (χ3v) is 3.35. The summed E-state index contributed by atoms with van der Waals surface area (Å²) in [5, 5.41) is 3.39. The Morgan fingerprint density at radius 3 is 2.88 bits per heavy atom. The van der Waals surface area contributed by atoms with Gasteiger partial charge in [-0.3, -0.25) is 0 Å². The minimum atomic E-state index is 0.806. The van der Waals surface area contributed by atoms with E-state index in [0.29, 0.717) is 0 Å². The molecule has 88 valence electrons. The summed E-state index contributed by atoms with van der Waals surface area (Å²) in [6.07, 6.45) is 5.83. The van der Waals surface area contributed by atoms with E-state index in [0.717, 1.165) is 29.9 Å². The highest BCUT2D eigenvalue weighted by atomic mass is 16.5. The Morgan fingerprint density at radius 2 is 2.31 bits per heavy atom. The molecule has 2 atom stereocenters. The maximum atomic E-state index is 5.07. The van der Waals surface area contributed by atoms with Gasteiger partial charge in [0.2, 0.25) is 0 Å². The highest BCUT2D eigenvalue weighted by Gasteiger charge is 2.20. The maximum Gasteiger partial charge on any atom is 0.137 e. The summed E-state index contributed by atoms with van der Waals surface area (Å²) in [5.74, 6) is 3.47. The second kappa shape index (κ2) is 5.19. The quantitative estimate of drug-likeness (QED) is 0.847. The summed E-state index contributed by atoms with van der Waals surface area (Å²) in [4.78, 5) is 4.29. The SMILES string of the molecule is COc1ccc(NCC2CCC(C)C2)nc1. The van der Waals surface area contributed by atoms with Crippen LogP contribution in [0.3, 0.4) is 0 Å². The first-order valence-electron chi connectivity index (χ1n) is 6.02. The number of hydrogen-bond acceptors (Lipinski definition) is 3. The lowest BCUT2D eigenvalue weighted by atomic mass is 10.1. The largest absolute Gasteiger partial charge is 0.495 e. The minimum Gasteiger partial charge on any atom is -0.495 e. The van der Waals surface area contributed by atoms with Gasteiger partial charge in [-0.05, 0) is 36.8 Å². The number of hydrogen-bond donors (Lipinski definition) is 1. The highest BCUT2D eigenvalue weighted by Crippen LogP contribution is 2.30. The molecule has 0 radical (unpaired) electrons. The molecule has 1 saturated carbocycles. The van der Waals surface area contributed by atoms with Crippen LogP contribution in [-0.2, 0) is 0 Å². The Kier molecular flexibility index (Phi) is 3.65. The van der Waals surface area contributed by atoms with E-state index in [1.165, 1.54) is 19.3 Å². The fraction of sp³-hybridized carbons (Fsp3) is 0.615. The van der Waals surface area contributed by atoms with Gasteiger partial charge in [-0.25, -0.2) is 4.98 Å². The van der Waals surface area contributed by atoms with Crippen LogP contribution in [0.5, 0.6) is 5.75 Å². The number of aromatic nitrogens is 1. The van der Waals surface area contributed by atoms with Crippen LogP contribution in [0.1, 0.15) is 26.2 Å². The average molecular weight is 220 g/mol. The van der Waals surface area contributed by atoms with Gasteiger partial charge < -0.3 is 10.1 Å². The number of ether oxygens (including phenoxy) is 1. The summed E-state index contributed by atoms with van der Waals surface area (Å²) in [5.41, 5.74) is 0. The number of nitrogens with one attached hydrogen (secondary N) is 1. The molecule has 1 fully saturated rings. The number of rotatable bonds is 4. The molecule has 2 unspecified atom stereocenters. The van der Waals surface area contributed by atoms with Crippen LogP contribution in [0, 0.1) is 11.8 Å². The molecule has 0 spiro atoms. The Hall–Kier alpha value is -1.25. The highest BCUT2D eigenvalue weighted by molar-refractivity contribution is 5.37. The van der Waals surface area contributed by atoms with Crippen molar-refractivity contribution >= 4 is 5.82 Å². The molecule has 1 aromatic rings. The van der Waals surface area contributed by atoms with Crippen LogP contribution in [0.2, 0.25) is 0 Å². The lowest BCUT2D eigenvalue weighted by Gasteiger charge is -2.11. The second-order valence-electron chi connectivity index (χ2n) is 4.75. The van der Waals surface area contributed by atoms with Crippen LogP contribution in [0.25, 0.3) is 0 Å². The van der Waals surface area contributed by atoms with Crippen LogP contribution < -0.4 is 10.1 Å². The van der Waals surface area contributed by atoms with Gasteiger partial charge in [0.25, 0.3) is 0 Å². The van der Waals surface area contributed by atoms with Crippen LogP contribution in [0.15, 0.2) is 18.3 Å². The summed E-state index contributed by atoms with van der Waals surface area (Å²) in [6.45, 7) is 3.38. The van der Waals surface area contributed by atoms with Crippen molar-refractivity contribution in [2.45, 2.75) is 26.2 Å². The molecule has 1 aromatic heterocycles. The van der Waals surface area contributed by atoms with Crippen molar-refractivity contribution < 1.29 is 4.74 Å². The van der Waals surface area contributed by atoms with Crippen LogP contribution >= 0.6 is 0 Å². The van der Waals surface area contributed by atoms with Crippen LogP contribution in [-0.4, -0.2) is 18.6 Å². The molecular weight excluding hydrogens is 200 g/mol. The van der Waals surface area contributed by atoms with E-state index in [1.54, 1.807) is 13.3 Å². The van der Waals surface area contributed by atoms with E-state index in [1.807, 2.05) is 12.1 Å². The lowest BCUT2D eigenvalue weighted by Crippen LogP contribution is -2.12. The molecule has 0 bridgehead atoms. The van der Waals surface area contributed by atoms with Crippen molar-refractivity contribution in [1.82, 2.24) is 4.98 Å². The Morgan fingerprint density at radius 1 is 1.44 bits per heavy atom. The number of anilines is 1.